The Kier molecular flexibility index (Phi) is 10.9. The smallest absolute Gasteiger partial charge is 0.194 e. The molecule has 22 heavy (non-hydrogen) atoms. The van der Waals surface area contributed by atoms with Crippen molar-refractivity contribution in [1.29, 1.82) is 0 Å². The fraction of sp³-hybridized carbons (Fsp3) is 0.667. The third kappa shape index (κ3) is 7.19. The maximum atomic E-state index is 6.03. The van der Waals surface area contributed by atoms with Gasteiger partial charge < -0.3 is 19.7 Å². The Morgan fingerprint density at radius 3 is 2.55 bits per heavy atom. The summed E-state index contributed by atoms with van der Waals surface area (Å²) in [6, 6.07) is 1.99. The van der Waals surface area contributed by atoms with Crippen LogP contribution in [0.4, 0.5) is 0 Å². The largest absolute Gasteiger partial charge is 0.357 e. The molecule has 1 N–H and O–H groups in total. The van der Waals surface area contributed by atoms with E-state index in [9.17, 15) is 0 Å². The minimum absolute atomic E-state index is 0. The van der Waals surface area contributed by atoms with Crippen molar-refractivity contribution in [1.82, 2.24) is 19.7 Å². The first-order chi connectivity index (χ1) is 9.97. The number of nitrogens with one attached hydrogen (secondary N) is 1. The highest BCUT2D eigenvalue weighted by atomic mass is 127. The number of hydrogen-bond donors (Lipinski definition) is 1. The van der Waals surface area contributed by atoms with Crippen LogP contribution in [-0.2, 0) is 13.6 Å². The topological polar surface area (TPSA) is 35.8 Å². The van der Waals surface area contributed by atoms with Gasteiger partial charge in [0.25, 0.3) is 0 Å². The molecule has 0 aliphatic heterocycles. The number of aromatic nitrogens is 1. The Morgan fingerprint density at radius 2 is 2.05 bits per heavy atom. The van der Waals surface area contributed by atoms with Crippen molar-refractivity contribution in [2.24, 2.45) is 12.0 Å². The maximum absolute atomic E-state index is 6.03. The van der Waals surface area contributed by atoms with E-state index in [2.05, 4.69) is 41.0 Å². The minimum Gasteiger partial charge on any atom is -0.357 e. The molecule has 0 spiro atoms. The summed E-state index contributed by atoms with van der Waals surface area (Å²) in [5, 5.41) is 4.11. The Bertz CT molecular complexity index is 461. The Balaban J connectivity index is 0.00000441. The molecule has 128 valence electrons. The summed E-state index contributed by atoms with van der Waals surface area (Å²) in [5.41, 5.74) is 1.17. The maximum Gasteiger partial charge on any atom is 0.194 e. The number of halogens is 2. The summed E-state index contributed by atoms with van der Waals surface area (Å²) in [6.07, 6.45) is 1.92. The van der Waals surface area contributed by atoms with E-state index in [-0.39, 0.29) is 24.0 Å². The number of likely N-dealkylation sites (N-methyl/N-ethyl adjacent to an activating group) is 1. The zero-order valence-electron chi connectivity index (χ0n) is 14.3. The van der Waals surface area contributed by atoms with E-state index in [4.69, 9.17) is 11.6 Å². The predicted octanol–water partition coefficient (Wildman–Crippen LogP) is 2.65. The summed E-state index contributed by atoms with van der Waals surface area (Å²) in [4.78, 5) is 9.06. The van der Waals surface area contributed by atoms with E-state index in [1.54, 1.807) is 0 Å². The van der Waals surface area contributed by atoms with Crippen LogP contribution in [0.3, 0.4) is 0 Å². The van der Waals surface area contributed by atoms with E-state index in [0.29, 0.717) is 0 Å². The second-order valence-corrected chi connectivity index (χ2v) is 5.68. The van der Waals surface area contributed by atoms with Crippen LogP contribution >= 0.6 is 35.6 Å². The van der Waals surface area contributed by atoms with Crippen molar-refractivity contribution in [2.75, 3.05) is 40.3 Å². The molecule has 0 unspecified atom stereocenters. The molecule has 7 heteroatoms. The molecule has 1 aromatic heterocycles. The van der Waals surface area contributed by atoms with Gasteiger partial charge in [-0.25, -0.2) is 0 Å². The molecule has 0 radical (unpaired) electrons. The molecule has 0 fully saturated rings. The van der Waals surface area contributed by atoms with Crippen LogP contribution in [0, 0.1) is 0 Å². The van der Waals surface area contributed by atoms with Crippen LogP contribution in [0.15, 0.2) is 17.3 Å². The van der Waals surface area contributed by atoms with Gasteiger partial charge in [-0.3, -0.25) is 4.99 Å². The summed E-state index contributed by atoms with van der Waals surface area (Å²) >= 11 is 6.03. The molecule has 0 aliphatic rings. The van der Waals surface area contributed by atoms with Gasteiger partial charge in [-0.2, -0.15) is 0 Å². The van der Waals surface area contributed by atoms with Gasteiger partial charge in [-0.1, -0.05) is 18.5 Å². The van der Waals surface area contributed by atoms with E-state index < -0.39 is 0 Å². The van der Waals surface area contributed by atoms with Crippen LogP contribution in [0.5, 0.6) is 0 Å². The Labute approximate surface area is 156 Å². The second-order valence-electron chi connectivity index (χ2n) is 5.25. The number of aliphatic imine (C=N–C) groups is 1. The van der Waals surface area contributed by atoms with Crippen LogP contribution in [0.1, 0.15) is 19.5 Å². The SMILES string of the molecule is CCNC(=NCCN(C)CC)N(C)Cc1cc(Cl)cn1C.I. The van der Waals surface area contributed by atoms with E-state index >= 15 is 0 Å². The molecule has 0 saturated heterocycles. The van der Waals surface area contributed by atoms with E-state index in [1.165, 1.54) is 5.69 Å². The quantitative estimate of drug-likeness (QED) is 0.401. The molecule has 0 aromatic carbocycles. The lowest BCUT2D eigenvalue weighted by molar-refractivity contribution is 0.361. The summed E-state index contributed by atoms with van der Waals surface area (Å²) in [5.74, 6) is 0.930. The zero-order chi connectivity index (χ0) is 15.8. The van der Waals surface area contributed by atoms with E-state index in [1.807, 2.05) is 30.9 Å². The molecule has 1 rings (SSSR count). The van der Waals surface area contributed by atoms with Crippen LogP contribution in [0.25, 0.3) is 0 Å². The normalized spacial score (nSPS) is 11.5. The van der Waals surface area contributed by atoms with Gasteiger partial charge in [0, 0.05) is 39.1 Å². The van der Waals surface area contributed by atoms with Crippen molar-refractivity contribution in [2.45, 2.75) is 20.4 Å². The average Bonchev–Trinajstić information content (AvgIpc) is 2.75. The zero-order valence-corrected chi connectivity index (χ0v) is 17.4. The molecule has 0 saturated carbocycles. The van der Waals surface area contributed by atoms with Crippen molar-refractivity contribution < 1.29 is 0 Å². The van der Waals surface area contributed by atoms with Gasteiger partial charge in [0.15, 0.2) is 5.96 Å². The van der Waals surface area contributed by atoms with Crippen LogP contribution in [-0.4, -0.2) is 60.6 Å². The fourth-order valence-corrected chi connectivity index (χ4v) is 2.27. The van der Waals surface area contributed by atoms with Gasteiger partial charge in [-0.05, 0) is 26.6 Å². The fourth-order valence-electron chi connectivity index (χ4n) is 2.00. The number of rotatable bonds is 7. The third-order valence-corrected chi connectivity index (χ3v) is 3.66. The lowest BCUT2D eigenvalue weighted by Crippen LogP contribution is -2.39. The van der Waals surface area contributed by atoms with Crippen molar-refractivity contribution in [3.05, 3.63) is 23.0 Å². The highest BCUT2D eigenvalue weighted by Gasteiger charge is 2.09. The van der Waals surface area contributed by atoms with Crippen molar-refractivity contribution in [3.63, 3.8) is 0 Å². The lowest BCUT2D eigenvalue weighted by Gasteiger charge is -2.22. The lowest BCUT2D eigenvalue weighted by atomic mass is 10.4. The third-order valence-electron chi connectivity index (χ3n) is 3.45. The van der Waals surface area contributed by atoms with Crippen molar-refractivity contribution in [3.8, 4) is 0 Å². The Morgan fingerprint density at radius 1 is 1.36 bits per heavy atom. The molecule has 5 nitrogen and oxygen atoms in total. The summed E-state index contributed by atoms with van der Waals surface area (Å²) in [7, 11) is 6.17. The molecule has 1 aromatic rings. The minimum atomic E-state index is 0. The summed E-state index contributed by atoms with van der Waals surface area (Å²) < 4.78 is 2.05. The average molecular weight is 442 g/mol. The van der Waals surface area contributed by atoms with E-state index in [0.717, 1.165) is 43.7 Å². The monoisotopic (exact) mass is 441 g/mol. The highest BCUT2D eigenvalue weighted by molar-refractivity contribution is 14.0. The van der Waals surface area contributed by atoms with Crippen LogP contribution in [0.2, 0.25) is 5.02 Å². The highest BCUT2D eigenvalue weighted by Crippen LogP contribution is 2.14. The molecular formula is C15H29ClIN5. The van der Waals surface area contributed by atoms with Crippen molar-refractivity contribution >= 4 is 41.5 Å². The molecule has 0 bridgehead atoms. The number of guanidine groups is 1. The van der Waals surface area contributed by atoms with Gasteiger partial charge in [0.1, 0.15) is 0 Å². The number of aryl methyl sites for hydroxylation is 1. The number of hydrogen-bond acceptors (Lipinski definition) is 2. The predicted molar refractivity (Wildman–Crippen MR) is 106 cm³/mol. The molecular weight excluding hydrogens is 413 g/mol. The van der Waals surface area contributed by atoms with Gasteiger partial charge in [0.05, 0.1) is 18.1 Å². The van der Waals surface area contributed by atoms with Gasteiger partial charge in [-0.15, -0.1) is 24.0 Å². The molecule has 1 heterocycles. The number of nitrogens with zero attached hydrogens (tertiary/aromatic N) is 4. The van der Waals surface area contributed by atoms with Gasteiger partial charge >= 0.3 is 0 Å². The van der Waals surface area contributed by atoms with Gasteiger partial charge in [0.2, 0.25) is 0 Å². The molecule has 0 atom stereocenters. The first-order valence-electron chi connectivity index (χ1n) is 7.46. The molecule has 0 amide bonds. The molecule has 0 aliphatic carbocycles. The summed E-state index contributed by atoms with van der Waals surface area (Å²) in [6.45, 7) is 8.68. The standard InChI is InChI=1S/C15H28ClN5.HI/c1-6-17-15(18-8-9-19(3)7-2)21(5)12-14-10-13(16)11-20(14)4;/h10-11H,6-9,12H2,1-5H3,(H,17,18);1H. The Hall–Kier alpha value is -0.470. The van der Waals surface area contributed by atoms with Crippen LogP contribution < -0.4 is 5.32 Å². The second kappa shape index (κ2) is 11.1. The first-order valence-corrected chi connectivity index (χ1v) is 7.84. The first kappa shape index (κ1) is 21.5.